The van der Waals surface area contributed by atoms with Crippen molar-refractivity contribution in [1.29, 1.82) is 0 Å². The predicted molar refractivity (Wildman–Crippen MR) is 124 cm³/mol. The highest BCUT2D eigenvalue weighted by atomic mass is 16.5. The number of carbonyl (C=O) groups is 2. The van der Waals surface area contributed by atoms with Gasteiger partial charge in [0.1, 0.15) is 0 Å². The van der Waals surface area contributed by atoms with Crippen LogP contribution in [0.1, 0.15) is 11.1 Å². The molecule has 0 unspecified atom stereocenters. The van der Waals surface area contributed by atoms with E-state index >= 15 is 0 Å². The summed E-state index contributed by atoms with van der Waals surface area (Å²) in [7, 11) is 1.73. The molecular weight excluding hydrogens is 406 g/mol. The van der Waals surface area contributed by atoms with Crippen molar-refractivity contribution in [1.82, 2.24) is 9.80 Å². The maximum absolute atomic E-state index is 12.7. The van der Waals surface area contributed by atoms with Crippen LogP contribution in [-0.2, 0) is 9.59 Å². The minimum Gasteiger partial charge on any atom is -0.449 e. The predicted octanol–water partition coefficient (Wildman–Crippen LogP) is 2.23. The molecule has 4 rings (SSSR count). The van der Waals surface area contributed by atoms with Gasteiger partial charge in [-0.25, -0.2) is 0 Å². The molecule has 0 radical (unpaired) electrons. The Kier molecular flexibility index (Phi) is 6.68. The normalized spacial score (nSPS) is 18.2. The fourth-order valence-corrected chi connectivity index (χ4v) is 3.86. The molecule has 1 fully saturated rings. The van der Waals surface area contributed by atoms with Gasteiger partial charge in [-0.1, -0.05) is 30.3 Å². The van der Waals surface area contributed by atoms with Crippen molar-refractivity contribution >= 4 is 29.7 Å². The van der Waals surface area contributed by atoms with Gasteiger partial charge in [0, 0.05) is 45.8 Å². The molecule has 1 N–H and O–H groups in total. The summed E-state index contributed by atoms with van der Waals surface area (Å²) in [5.74, 6) is 0.660. The number of fused-ring (bicyclic) bond motifs is 1. The Bertz CT molecular complexity index is 1050. The number of β-amino-alcohol motifs (C(OH)–C–C–N with tert-alkyl or cyclic N) is 1. The Labute approximate surface area is 187 Å². The third kappa shape index (κ3) is 4.90. The van der Waals surface area contributed by atoms with E-state index in [1.54, 1.807) is 30.2 Å². The number of likely N-dealkylation sites (N-methyl/N-ethyl adjacent to an activating group) is 1. The standard InChI is InChI=1S/C25H27N3O4/c1-26-21-7-2-3-8-22(21)32-23(25(26)31)18-20-6-4-5-19(17-20)9-10-24(30)28-13-11-27(12-14-28)15-16-29/h2-10,17-18,29H,11-16H2,1H3/b10-9+,23-18-. The molecule has 7 heteroatoms. The molecule has 0 bridgehead atoms. The number of nitrogens with zero attached hydrogens (tertiary/aromatic N) is 3. The zero-order valence-corrected chi connectivity index (χ0v) is 18.1. The van der Waals surface area contributed by atoms with E-state index in [1.165, 1.54) is 0 Å². The summed E-state index contributed by atoms with van der Waals surface area (Å²) >= 11 is 0. The van der Waals surface area contributed by atoms with Crippen molar-refractivity contribution in [2.24, 2.45) is 0 Å². The van der Waals surface area contributed by atoms with Crippen LogP contribution in [0.15, 0.2) is 60.4 Å². The third-order valence-corrected chi connectivity index (χ3v) is 5.69. The summed E-state index contributed by atoms with van der Waals surface area (Å²) in [6.07, 6.45) is 5.09. The van der Waals surface area contributed by atoms with Crippen molar-refractivity contribution in [2.75, 3.05) is 51.3 Å². The van der Waals surface area contributed by atoms with Gasteiger partial charge in [0.25, 0.3) is 5.91 Å². The van der Waals surface area contributed by atoms with E-state index in [2.05, 4.69) is 4.90 Å². The summed E-state index contributed by atoms with van der Waals surface area (Å²) in [5.41, 5.74) is 2.42. The molecule has 2 aromatic carbocycles. The van der Waals surface area contributed by atoms with Crippen LogP contribution in [0.4, 0.5) is 5.69 Å². The fourth-order valence-electron chi connectivity index (χ4n) is 3.86. The van der Waals surface area contributed by atoms with Gasteiger partial charge in [-0.3, -0.25) is 14.5 Å². The van der Waals surface area contributed by atoms with E-state index in [4.69, 9.17) is 9.84 Å². The van der Waals surface area contributed by atoms with Crippen LogP contribution in [0.25, 0.3) is 12.2 Å². The van der Waals surface area contributed by atoms with Crippen LogP contribution >= 0.6 is 0 Å². The van der Waals surface area contributed by atoms with Crippen LogP contribution < -0.4 is 9.64 Å². The highest BCUT2D eigenvalue weighted by Crippen LogP contribution is 2.34. The van der Waals surface area contributed by atoms with Gasteiger partial charge >= 0.3 is 0 Å². The van der Waals surface area contributed by atoms with E-state index in [0.717, 1.165) is 29.9 Å². The quantitative estimate of drug-likeness (QED) is 0.732. The fraction of sp³-hybridized carbons (Fsp3) is 0.280. The summed E-state index contributed by atoms with van der Waals surface area (Å²) in [4.78, 5) is 30.7. The number of hydrogen-bond acceptors (Lipinski definition) is 5. The Morgan fingerprint density at radius 1 is 1.06 bits per heavy atom. The van der Waals surface area contributed by atoms with Crippen LogP contribution in [0.3, 0.4) is 0 Å². The smallest absolute Gasteiger partial charge is 0.293 e. The molecular formula is C25H27N3O4. The number of hydrogen-bond donors (Lipinski definition) is 1. The topological polar surface area (TPSA) is 73.3 Å². The largest absolute Gasteiger partial charge is 0.449 e. The maximum Gasteiger partial charge on any atom is 0.293 e. The van der Waals surface area contributed by atoms with Gasteiger partial charge in [-0.05, 0) is 41.5 Å². The molecule has 7 nitrogen and oxygen atoms in total. The number of anilines is 1. The van der Waals surface area contributed by atoms with Gasteiger partial charge in [-0.15, -0.1) is 0 Å². The van der Waals surface area contributed by atoms with Crippen molar-refractivity contribution in [2.45, 2.75) is 0 Å². The zero-order chi connectivity index (χ0) is 22.5. The summed E-state index contributed by atoms with van der Waals surface area (Å²) in [6.45, 7) is 3.64. The number of aliphatic hydroxyl groups excluding tert-OH is 1. The van der Waals surface area contributed by atoms with Gasteiger partial charge < -0.3 is 19.6 Å². The Hall–Kier alpha value is -3.42. The summed E-state index contributed by atoms with van der Waals surface area (Å²) in [5, 5.41) is 9.03. The second-order valence-corrected chi connectivity index (χ2v) is 7.84. The molecule has 2 amide bonds. The molecule has 0 saturated carbocycles. The number of ether oxygens (including phenoxy) is 1. The number of carbonyl (C=O) groups excluding carboxylic acids is 2. The molecule has 0 aromatic heterocycles. The number of piperazine rings is 1. The third-order valence-electron chi connectivity index (χ3n) is 5.69. The van der Waals surface area contributed by atoms with Crippen LogP contribution in [0.2, 0.25) is 0 Å². The minimum atomic E-state index is -0.208. The lowest BCUT2D eigenvalue weighted by atomic mass is 10.1. The Balaban J connectivity index is 1.44. The second-order valence-electron chi connectivity index (χ2n) is 7.84. The first-order valence-corrected chi connectivity index (χ1v) is 10.7. The molecule has 2 heterocycles. The van der Waals surface area contributed by atoms with Crippen LogP contribution in [0.5, 0.6) is 5.75 Å². The van der Waals surface area contributed by atoms with Crippen molar-refractivity contribution < 1.29 is 19.4 Å². The Morgan fingerprint density at radius 2 is 1.81 bits per heavy atom. The van der Waals surface area contributed by atoms with Gasteiger partial charge in [0.2, 0.25) is 5.91 Å². The van der Waals surface area contributed by atoms with Crippen LogP contribution in [0, 0.1) is 0 Å². The number of para-hydroxylation sites is 2. The molecule has 0 aliphatic carbocycles. The van der Waals surface area contributed by atoms with E-state index < -0.39 is 0 Å². The summed E-state index contributed by atoms with van der Waals surface area (Å²) in [6, 6.07) is 15.0. The van der Waals surface area contributed by atoms with Crippen molar-refractivity contribution in [3.63, 3.8) is 0 Å². The number of benzene rings is 2. The van der Waals surface area contributed by atoms with E-state index in [9.17, 15) is 9.59 Å². The van der Waals surface area contributed by atoms with Gasteiger partial charge in [0.15, 0.2) is 11.5 Å². The molecule has 166 valence electrons. The maximum atomic E-state index is 12.7. The minimum absolute atomic E-state index is 0.0265. The molecule has 0 spiro atoms. The molecule has 32 heavy (non-hydrogen) atoms. The lowest BCUT2D eigenvalue weighted by Crippen LogP contribution is -2.48. The molecule has 2 aromatic rings. The van der Waals surface area contributed by atoms with E-state index in [-0.39, 0.29) is 24.2 Å². The van der Waals surface area contributed by atoms with Gasteiger partial charge in [-0.2, -0.15) is 0 Å². The highest BCUT2D eigenvalue weighted by Gasteiger charge is 2.27. The van der Waals surface area contributed by atoms with Gasteiger partial charge in [0.05, 0.1) is 12.3 Å². The molecule has 2 aliphatic rings. The lowest BCUT2D eigenvalue weighted by molar-refractivity contribution is -0.127. The molecule has 1 saturated heterocycles. The zero-order valence-electron chi connectivity index (χ0n) is 18.1. The number of amides is 2. The average molecular weight is 434 g/mol. The monoisotopic (exact) mass is 433 g/mol. The average Bonchev–Trinajstić information content (AvgIpc) is 2.82. The number of rotatable bonds is 5. The first-order valence-electron chi connectivity index (χ1n) is 10.7. The highest BCUT2D eigenvalue weighted by molar-refractivity contribution is 6.09. The van der Waals surface area contributed by atoms with Crippen molar-refractivity contribution in [3.05, 3.63) is 71.5 Å². The summed E-state index contributed by atoms with van der Waals surface area (Å²) < 4.78 is 5.83. The first-order chi connectivity index (χ1) is 15.5. The molecule has 0 atom stereocenters. The molecule has 2 aliphatic heterocycles. The Morgan fingerprint density at radius 3 is 2.59 bits per heavy atom. The van der Waals surface area contributed by atoms with E-state index in [0.29, 0.717) is 25.4 Å². The van der Waals surface area contributed by atoms with Crippen LogP contribution in [-0.4, -0.2) is 73.1 Å². The lowest BCUT2D eigenvalue weighted by Gasteiger charge is -2.33. The van der Waals surface area contributed by atoms with Crippen molar-refractivity contribution in [3.8, 4) is 5.75 Å². The van der Waals surface area contributed by atoms with E-state index in [1.807, 2.05) is 53.4 Å². The SMILES string of the molecule is CN1C(=O)/C(=C/c2cccc(/C=C/C(=O)N3CCN(CCO)CC3)c2)Oc2ccccc21. The number of aliphatic hydroxyl groups is 1. The second kappa shape index (κ2) is 9.80. The first kappa shape index (κ1) is 21.8.